The Kier molecular flexibility index (Phi) is 4.65. The molecule has 1 aromatic heterocycles. The van der Waals surface area contributed by atoms with E-state index < -0.39 is 0 Å². The van der Waals surface area contributed by atoms with Crippen molar-refractivity contribution in [3.8, 4) is 0 Å². The maximum absolute atomic E-state index is 5.89. The van der Waals surface area contributed by atoms with Crippen LogP contribution in [0.25, 0.3) is 0 Å². The molecule has 2 N–H and O–H groups in total. The highest BCUT2D eigenvalue weighted by Crippen LogP contribution is 2.14. The van der Waals surface area contributed by atoms with Gasteiger partial charge in [0.1, 0.15) is 0 Å². The molecule has 0 aliphatic carbocycles. The van der Waals surface area contributed by atoms with Gasteiger partial charge in [0, 0.05) is 16.9 Å². The average Bonchev–Trinajstić information content (AvgIpc) is 2.38. The summed E-state index contributed by atoms with van der Waals surface area (Å²) in [7, 11) is 0. The fourth-order valence-corrected chi connectivity index (χ4v) is 1.80. The summed E-state index contributed by atoms with van der Waals surface area (Å²) in [5, 5.41) is 7.30. The van der Waals surface area contributed by atoms with Crippen molar-refractivity contribution in [2.45, 2.75) is 13.5 Å². The Labute approximate surface area is 122 Å². The average molecular weight is 293 g/mol. The lowest BCUT2D eigenvalue weighted by Gasteiger charge is -2.10. The first-order chi connectivity index (χ1) is 9.13. The fourth-order valence-electron chi connectivity index (χ4n) is 1.42. The second kappa shape index (κ2) is 6.45. The molecule has 0 aliphatic rings. The third-order valence-electron chi connectivity index (χ3n) is 2.35. The van der Waals surface area contributed by atoms with Crippen LogP contribution >= 0.6 is 23.8 Å². The van der Waals surface area contributed by atoms with Crippen molar-refractivity contribution >= 4 is 34.6 Å². The van der Waals surface area contributed by atoms with E-state index in [2.05, 4.69) is 20.6 Å². The van der Waals surface area contributed by atoms with Crippen molar-refractivity contribution in [2.75, 3.05) is 5.32 Å². The van der Waals surface area contributed by atoms with Crippen LogP contribution in [0.1, 0.15) is 11.4 Å². The van der Waals surface area contributed by atoms with Gasteiger partial charge in [0.2, 0.25) is 0 Å². The topological polar surface area (TPSA) is 49.8 Å². The van der Waals surface area contributed by atoms with E-state index in [4.69, 9.17) is 23.8 Å². The van der Waals surface area contributed by atoms with E-state index in [-0.39, 0.29) is 0 Å². The molecular formula is C13H13ClN4S. The number of rotatable bonds is 3. The van der Waals surface area contributed by atoms with Crippen molar-refractivity contribution in [1.29, 1.82) is 0 Å². The lowest BCUT2D eigenvalue weighted by atomic mass is 10.3. The third kappa shape index (κ3) is 4.46. The standard InChI is InChI=1S/C13H13ClN4S/c1-9-6-16-12(7-15-9)8-17-13(19)18-11-4-2-3-10(14)5-11/h2-7H,8H2,1H3,(H2,17,18,19). The quantitative estimate of drug-likeness (QED) is 0.852. The Balaban J connectivity index is 1.86. The molecule has 0 amide bonds. The highest BCUT2D eigenvalue weighted by atomic mass is 35.5. The van der Waals surface area contributed by atoms with Crippen molar-refractivity contribution in [2.24, 2.45) is 0 Å². The van der Waals surface area contributed by atoms with Gasteiger partial charge in [0.25, 0.3) is 0 Å². The van der Waals surface area contributed by atoms with Crippen LogP contribution in [-0.4, -0.2) is 15.1 Å². The normalized spacial score (nSPS) is 10.0. The number of nitrogens with one attached hydrogen (secondary N) is 2. The van der Waals surface area contributed by atoms with Gasteiger partial charge in [-0.3, -0.25) is 9.97 Å². The Bertz CT molecular complexity index is 571. The molecule has 0 spiro atoms. The van der Waals surface area contributed by atoms with Crippen LogP contribution in [-0.2, 0) is 6.54 Å². The van der Waals surface area contributed by atoms with Gasteiger partial charge in [-0.05, 0) is 37.3 Å². The van der Waals surface area contributed by atoms with Crippen LogP contribution in [0.15, 0.2) is 36.7 Å². The number of halogens is 1. The number of hydrogen-bond acceptors (Lipinski definition) is 3. The van der Waals surface area contributed by atoms with Gasteiger partial charge in [0.05, 0.1) is 24.1 Å². The predicted octanol–water partition coefficient (Wildman–Crippen LogP) is 2.93. The minimum absolute atomic E-state index is 0.518. The van der Waals surface area contributed by atoms with Gasteiger partial charge in [-0.2, -0.15) is 0 Å². The number of thiocarbonyl (C=S) groups is 1. The highest BCUT2D eigenvalue weighted by Gasteiger charge is 2.00. The van der Waals surface area contributed by atoms with Crippen molar-refractivity contribution in [3.63, 3.8) is 0 Å². The van der Waals surface area contributed by atoms with E-state index in [0.29, 0.717) is 16.7 Å². The zero-order chi connectivity index (χ0) is 13.7. The zero-order valence-corrected chi connectivity index (χ0v) is 11.9. The summed E-state index contributed by atoms with van der Waals surface area (Å²) in [6, 6.07) is 7.37. The van der Waals surface area contributed by atoms with Gasteiger partial charge < -0.3 is 10.6 Å². The molecule has 0 bridgehead atoms. The molecule has 1 heterocycles. The van der Waals surface area contributed by atoms with E-state index in [0.717, 1.165) is 17.1 Å². The summed E-state index contributed by atoms with van der Waals surface area (Å²) in [4.78, 5) is 8.41. The Morgan fingerprint density at radius 3 is 2.84 bits per heavy atom. The molecule has 1 aromatic carbocycles. The van der Waals surface area contributed by atoms with E-state index in [1.165, 1.54) is 0 Å². The summed E-state index contributed by atoms with van der Waals surface area (Å²) in [5.41, 5.74) is 2.57. The molecule has 0 unspecified atom stereocenters. The first kappa shape index (κ1) is 13.7. The van der Waals surface area contributed by atoms with E-state index in [9.17, 15) is 0 Å². The third-order valence-corrected chi connectivity index (χ3v) is 2.83. The molecular weight excluding hydrogens is 280 g/mol. The Morgan fingerprint density at radius 2 is 2.16 bits per heavy atom. The molecule has 0 radical (unpaired) electrons. The van der Waals surface area contributed by atoms with Crippen LogP contribution in [0, 0.1) is 6.92 Å². The molecule has 0 fully saturated rings. The first-order valence-corrected chi connectivity index (χ1v) is 6.50. The summed E-state index contributed by atoms with van der Waals surface area (Å²) in [6.07, 6.45) is 3.45. The molecule has 2 aromatic rings. The second-order valence-electron chi connectivity index (χ2n) is 3.97. The fraction of sp³-hybridized carbons (Fsp3) is 0.154. The Morgan fingerprint density at radius 1 is 1.32 bits per heavy atom. The van der Waals surface area contributed by atoms with Crippen molar-refractivity contribution in [3.05, 3.63) is 53.1 Å². The summed E-state index contributed by atoms with van der Waals surface area (Å²) < 4.78 is 0. The zero-order valence-electron chi connectivity index (χ0n) is 10.4. The molecule has 4 nitrogen and oxygen atoms in total. The maximum atomic E-state index is 5.89. The molecule has 0 aliphatic heterocycles. The first-order valence-electron chi connectivity index (χ1n) is 5.71. The summed E-state index contributed by atoms with van der Waals surface area (Å²) >= 11 is 11.1. The smallest absolute Gasteiger partial charge is 0.171 e. The molecule has 19 heavy (non-hydrogen) atoms. The van der Waals surface area contributed by atoms with E-state index >= 15 is 0 Å². The van der Waals surface area contributed by atoms with Gasteiger partial charge >= 0.3 is 0 Å². The minimum atomic E-state index is 0.518. The van der Waals surface area contributed by atoms with Gasteiger partial charge in [-0.25, -0.2) is 0 Å². The Hall–Kier alpha value is -1.72. The van der Waals surface area contributed by atoms with Gasteiger partial charge in [-0.15, -0.1) is 0 Å². The van der Waals surface area contributed by atoms with Crippen LogP contribution in [0.4, 0.5) is 5.69 Å². The lowest BCUT2D eigenvalue weighted by molar-refractivity contribution is 0.862. The number of aryl methyl sites for hydroxylation is 1. The summed E-state index contributed by atoms with van der Waals surface area (Å²) in [6.45, 7) is 2.43. The van der Waals surface area contributed by atoms with Crippen LogP contribution in [0.5, 0.6) is 0 Å². The van der Waals surface area contributed by atoms with Gasteiger partial charge in [0.15, 0.2) is 5.11 Å². The largest absolute Gasteiger partial charge is 0.357 e. The molecule has 2 rings (SSSR count). The number of anilines is 1. The number of benzene rings is 1. The number of aromatic nitrogens is 2. The van der Waals surface area contributed by atoms with Crippen LogP contribution < -0.4 is 10.6 Å². The highest BCUT2D eigenvalue weighted by molar-refractivity contribution is 7.80. The van der Waals surface area contributed by atoms with E-state index in [1.807, 2.05) is 25.1 Å². The molecule has 6 heteroatoms. The minimum Gasteiger partial charge on any atom is -0.357 e. The monoisotopic (exact) mass is 292 g/mol. The summed E-state index contributed by atoms with van der Waals surface area (Å²) in [5.74, 6) is 0. The van der Waals surface area contributed by atoms with Crippen molar-refractivity contribution in [1.82, 2.24) is 15.3 Å². The number of hydrogen-bond donors (Lipinski definition) is 2. The second-order valence-corrected chi connectivity index (χ2v) is 4.81. The molecule has 0 saturated heterocycles. The van der Waals surface area contributed by atoms with Crippen LogP contribution in [0.2, 0.25) is 5.02 Å². The van der Waals surface area contributed by atoms with E-state index in [1.54, 1.807) is 18.5 Å². The molecule has 98 valence electrons. The number of nitrogens with zero attached hydrogens (tertiary/aromatic N) is 2. The SMILES string of the molecule is Cc1cnc(CNC(=S)Nc2cccc(Cl)c2)cn1. The van der Waals surface area contributed by atoms with Crippen molar-refractivity contribution < 1.29 is 0 Å². The van der Waals surface area contributed by atoms with Gasteiger partial charge in [-0.1, -0.05) is 17.7 Å². The maximum Gasteiger partial charge on any atom is 0.171 e. The predicted molar refractivity (Wildman–Crippen MR) is 81.3 cm³/mol. The molecule has 0 atom stereocenters. The lowest BCUT2D eigenvalue weighted by Crippen LogP contribution is -2.28. The van der Waals surface area contributed by atoms with Crippen LogP contribution in [0.3, 0.4) is 0 Å². The molecule has 0 saturated carbocycles.